The molecule has 6 heteroatoms. The van der Waals surface area contributed by atoms with Gasteiger partial charge in [-0.1, -0.05) is 32.6 Å². The summed E-state index contributed by atoms with van der Waals surface area (Å²) in [5.74, 6) is -0.0288. The van der Waals surface area contributed by atoms with Crippen LogP contribution < -0.4 is 5.32 Å². The van der Waals surface area contributed by atoms with Crippen molar-refractivity contribution in [2.45, 2.75) is 77.3 Å². The zero-order chi connectivity index (χ0) is 15.9. The summed E-state index contributed by atoms with van der Waals surface area (Å²) in [6.45, 7) is 4.10. The summed E-state index contributed by atoms with van der Waals surface area (Å²) in [5.41, 5.74) is 0. The van der Waals surface area contributed by atoms with Gasteiger partial charge in [-0.3, -0.25) is 4.79 Å². The first-order valence-electron chi connectivity index (χ1n) is 8.10. The summed E-state index contributed by atoms with van der Waals surface area (Å²) in [6.07, 6.45) is 9.15. The molecule has 1 fully saturated rings. The summed E-state index contributed by atoms with van der Waals surface area (Å²) in [5, 5.41) is 3.06. The summed E-state index contributed by atoms with van der Waals surface area (Å²) < 4.78 is 25.0. The van der Waals surface area contributed by atoms with Gasteiger partial charge in [-0.15, -0.1) is 0 Å². The van der Waals surface area contributed by atoms with Crippen molar-refractivity contribution in [1.29, 1.82) is 0 Å². The fourth-order valence-corrected chi connectivity index (χ4v) is 4.08. The topological polar surface area (TPSA) is 66.5 Å². The number of nitrogens with zero attached hydrogens (tertiary/aromatic N) is 1. The Balaban J connectivity index is 2.45. The van der Waals surface area contributed by atoms with E-state index in [9.17, 15) is 13.2 Å². The monoisotopic (exact) mass is 318 g/mol. The van der Waals surface area contributed by atoms with Gasteiger partial charge in [0, 0.05) is 25.0 Å². The summed E-state index contributed by atoms with van der Waals surface area (Å²) in [6, 6.07) is 0.209. The zero-order valence-electron chi connectivity index (χ0n) is 13.6. The smallest absolute Gasteiger partial charge is 0.221 e. The molecule has 1 aliphatic rings. The Kier molecular flexibility index (Phi) is 7.66. The molecule has 0 saturated heterocycles. The number of carbonyl (C=O) groups is 1. The van der Waals surface area contributed by atoms with Gasteiger partial charge in [0.1, 0.15) is 0 Å². The van der Waals surface area contributed by atoms with Crippen molar-refractivity contribution in [1.82, 2.24) is 9.62 Å². The van der Waals surface area contributed by atoms with Crippen molar-refractivity contribution in [2.75, 3.05) is 12.8 Å². The molecule has 1 aliphatic carbocycles. The van der Waals surface area contributed by atoms with E-state index in [1.807, 2.05) is 13.8 Å². The van der Waals surface area contributed by atoms with Gasteiger partial charge in [-0.05, 0) is 26.2 Å². The molecule has 0 bridgehead atoms. The lowest BCUT2D eigenvalue weighted by Gasteiger charge is -2.26. The van der Waals surface area contributed by atoms with Crippen LogP contribution in [-0.2, 0) is 14.8 Å². The second-order valence-electron chi connectivity index (χ2n) is 6.14. The van der Waals surface area contributed by atoms with Crippen LogP contribution >= 0.6 is 0 Å². The van der Waals surface area contributed by atoms with Crippen LogP contribution in [0.25, 0.3) is 0 Å². The van der Waals surface area contributed by atoms with Crippen LogP contribution in [0.3, 0.4) is 0 Å². The van der Waals surface area contributed by atoms with Crippen LogP contribution in [0.2, 0.25) is 0 Å². The Morgan fingerprint density at radius 1 is 1.24 bits per heavy atom. The van der Waals surface area contributed by atoms with Crippen molar-refractivity contribution in [2.24, 2.45) is 0 Å². The molecule has 1 rings (SSSR count). The van der Waals surface area contributed by atoms with E-state index < -0.39 is 10.0 Å². The third kappa shape index (κ3) is 6.78. The molecule has 0 aromatic rings. The predicted molar refractivity (Wildman–Crippen MR) is 85.6 cm³/mol. The van der Waals surface area contributed by atoms with Gasteiger partial charge >= 0.3 is 0 Å². The molecule has 0 aliphatic heterocycles. The Labute approximate surface area is 129 Å². The van der Waals surface area contributed by atoms with E-state index in [1.54, 1.807) is 0 Å². The SMILES string of the molecule is CCC(C)N(CCC(=O)NC1CCCCCC1)S(C)(=O)=O. The molecule has 1 saturated carbocycles. The first-order valence-corrected chi connectivity index (χ1v) is 9.95. The first-order chi connectivity index (χ1) is 9.84. The maximum atomic E-state index is 12.0. The molecule has 0 heterocycles. The van der Waals surface area contributed by atoms with Crippen LogP contribution in [0, 0.1) is 0 Å². The average molecular weight is 318 g/mol. The maximum Gasteiger partial charge on any atom is 0.221 e. The summed E-state index contributed by atoms with van der Waals surface area (Å²) >= 11 is 0. The third-order valence-electron chi connectivity index (χ3n) is 4.29. The highest BCUT2D eigenvalue weighted by atomic mass is 32.2. The van der Waals surface area contributed by atoms with Crippen LogP contribution in [0.1, 0.15) is 65.2 Å². The van der Waals surface area contributed by atoms with E-state index in [4.69, 9.17) is 0 Å². The van der Waals surface area contributed by atoms with Crippen molar-refractivity contribution in [3.63, 3.8) is 0 Å². The average Bonchev–Trinajstić information content (AvgIpc) is 2.65. The predicted octanol–water partition coefficient (Wildman–Crippen LogP) is 2.28. The van der Waals surface area contributed by atoms with Crippen LogP contribution in [0.4, 0.5) is 0 Å². The van der Waals surface area contributed by atoms with Crippen LogP contribution in [-0.4, -0.2) is 43.5 Å². The molecule has 1 unspecified atom stereocenters. The van der Waals surface area contributed by atoms with E-state index in [0.29, 0.717) is 0 Å². The lowest BCUT2D eigenvalue weighted by Crippen LogP contribution is -2.41. The number of sulfonamides is 1. The Bertz CT molecular complexity index is 415. The van der Waals surface area contributed by atoms with E-state index in [0.717, 1.165) is 19.3 Å². The first kappa shape index (κ1) is 18.4. The molecule has 1 atom stereocenters. The minimum absolute atomic E-state index is 0.0288. The van der Waals surface area contributed by atoms with Gasteiger partial charge in [-0.25, -0.2) is 8.42 Å². The Hall–Kier alpha value is -0.620. The van der Waals surface area contributed by atoms with E-state index in [1.165, 1.54) is 36.2 Å². The number of nitrogens with one attached hydrogen (secondary N) is 1. The lowest BCUT2D eigenvalue weighted by atomic mass is 10.1. The van der Waals surface area contributed by atoms with Crippen molar-refractivity contribution in [3.8, 4) is 0 Å². The molecule has 0 radical (unpaired) electrons. The normalized spacial score (nSPS) is 19.2. The molecule has 0 aromatic heterocycles. The van der Waals surface area contributed by atoms with E-state index in [2.05, 4.69) is 5.32 Å². The number of rotatable bonds is 7. The molecular formula is C15H30N2O3S. The molecule has 0 spiro atoms. The standard InChI is InChI=1S/C15H30N2O3S/c1-4-13(2)17(21(3,19)20)12-11-15(18)16-14-9-7-5-6-8-10-14/h13-14H,4-12H2,1-3H3,(H,16,18). The van der Waals surface area contributed by atoms with Crippen molar-refractivity contribution >= 4 is 15.9 Å². The molecule has 5 nitrogen and oxygen atoms in total. The highest BCUT2D eigenvalue weighted by Crippen LogP contribution is 2.17. The summed E-state index contributed by atoms with van der Waals surface area (Å²) in [7, 11) is -3.26. The minimum atomic E-state index is -3.26. The largest absolute Gasteiger partial charge is 0.353 e. The zero-order valence-corrected chi connectivity index (χ0v) is 14.4. The fourth-order valence-electron chi connectivity index (χ4n) is 2.85. The van der Waals surface area contributed by atoms with Crippen LogP contribution in [0.5, 0.6) is 0 Å². The molecule has 21 heavy (non-hydrogen) atoms. The molecule has 124 valence electrons. The van der Waals surface area contributed by atoms with E-state index in [-0.39, 0.29) is 31.0 Å². The van der Waals surface area contributed by atoms with Crippen LogP contribution in [0.15, 0.2) is 0 Å². The third-order valence-corrected chi connectivity index (χ3v) is 5.68. The second-order valence-corrected chi connectivity index (χ2v) is 8.07. The quantitative estimate of drug-likeness (QED) is 0.732. The Morgan fingerprint density at radius 2 is 1.81 bits per heavy atom. The number of hydrogen-bond donors (Lipinski definition) is 1. The Morgan fingerprint density at radius 3 is 2.29 bits per heavy atom. The van der Waals surface area contributed by atoms with Gasteiger partial charge in [0.05, 0.1) is 6.26 Å². The van der Waals surface area contributed by atoms with Gasteiger partial charge in [0.15, 0.2) is 0 Å². The van der Waals surface area contributed by atoms with E-state index >= 15 is 0 Å². The van der Waals surface area contributed by atoms with Crippen molar-refractivity contribution in [3.05, 3.63) is 0 Å². The lowest BCUT2D eigenvalue weighted by molar-refractivity contribution is -0.122. The number of amides is 1. The van der Waals surface area contributed by atoms with Gasteiger partial charge in [0.2, 0.25) is 15.9 Å². The van der Waals surface area contributed by atoms with Gasteiger partial charge < -0.3 is 5.32 Å². The molecule has 1 N–H and O–H groups in total. The minimum Gasteiger partial charge on any atom is -0.353 e. The highest BCUT2D eigenvalue weighted by Gasteiger charge is 2.23. The van der Waals surface area contributed by atoms with Crippen molar-refractivity contribution < 1.29 is 13.2 Å². The molecule has 1 amide bonds. The number of hydrogen-bond acceptors (Lipinski definition) is 3. The van der Waals surface area contributed by atoms with Gasteiger partial charge in [0.25, 0.3) is 0 Å². The second kappa shape index (κ2) is 8.73. The highest BCUT2D eigenvalue weighted by molar-refractivity contribution is 7.88. The molecule has 0 aromatic carbocycles. The number of carbonyl (C=O) groups excluding carboxylic acids is 1. The fraction of sp³-hybridized carbons (Fsp3) is 0.933. The molecular weight excluding hydrogens is 288 g/mol. The van der Waals surface area contributed by atoms with Gasteiger partial charge in [-0.2, -0.15) is 4.31 Å². The summed E-state index contributed by atoms with van der Waals surface area (Å²) in [4.78, 5) is 12.0. The maximum absolute atomic E-state index is 12.0.